The van der Waals surface area contributed by atoms with E-state index in [1.54, 1.807) is 18.9 Å². The zero-order chi connectivity index (χ0) is 20.7. The minimum Gasteiger partial charge on any atom is -0.493 e. The maximum absolute atomic E-state index is 10.4. The van der Waals surface area contributed by atoms with Crippen molar-refractivity contribution in [3.8, 4) is 11.5 Å². The van der Waals surface area contributed by atoms with Crippen LogP contribution >= 0.6 is 11.8 Å². The number of aromatic nitrogens is 2. The summed E-state index contributed by atoms with van der Waals surface area (Å²) in [6.45, 7) is 11.6. The number of benzene rings is 1. The molecule has 154 valence electrons. The average Bonchev–Trinajstić information content (AvgIpc) is 2.92. The molecule has 1 atom stereocenters. The van der Waals surface area contributed by atoms with E-state index in [1.807, 2.05) is 44.2 Å². The fourth-order valence-corrected chi connectivity index (χ4v) is 3.82. The Morgan fingerprint density at radius 1 is 1.25 bits per heavy atom. The van der Waals surface area contributed by atoms with Gasteiger partial charge in [-0.15, -0.1) is 0 Å². The molecule has 1 aromatic carbocycles. The Morgan fingerprint density at radius 2 is 2.00 bits per heavy atom. The number of ether oxygens (including phenoxy) is 2. The third kappa shape index (κ3) is 6.04. The van der Waals surface area contributed by atoms with Gasteiger partial charge in [-0.25, -0.2) is 4.98 Å². The predicted octanol–water partition coefficient (Wildman–Crippen LogP) is 4.73. The van der Waals surface area contributed by atoms with Gasteiger partial charge < -0.3 is 19.1 Å². The molecule has 0 aliphatic carbocycles. The summed E-state index contributed by atoms with van der Waals surface area (Å²) in [7, 11) is 1.62. The molecule has 0 radical (unpaired) electrons. The third-order valence-corrected chi connectivity index (χ3v) is 5.47. The number of nitrogens with zero attached hydrogens (tertiary/aromatic N) is 2. The molecule has 2 aromatic rings. The number of aryl methyl sites for hydroxylation is 1. The maximum atomic E-state index is 10.4. The number of thioether (sulfide) groups is 1. The first-order chi connectivity index (χ1) is 13.3. The minimum absolute atomic E-state index is 0.204. The zero-order valence-electron chi connectivity index (χ0n) is 17.7. The van der Waals surface area contributed by atoms with Crippen molar-refractivity contribution in [1.29, 1.82) is 0 Å². The fraction of sp³-hybridized carbons (Fsp3) is 0.500. The molecule has 1 heterocycles. The molecule has 1 unspecified atom stereocenters. The van der Waals surface area contributed by atoms with Gasteiger partial charge in [0, 0.05) is 18.0 Å². The molecule has 1 aromatic heterocycles. The fourth-order valence-electron chi connectivity index (χ4n) is 2.82. The highest BCUT2D eigenvalue weighted by Gasteiger charge is 2.15. The van der Waals surface area contributed by atoms with Gasteiger partial charge in [-0.05, 0) is 44.4 Å². The van der Waals surface area contributed by atoms with Crippen LogP contribution in [-0.2, 0) is 6.54 Å². The van der Waals surface area contributed by atoms with Gasteiger partial charge in [-0.1, -0.05) is 43.8 Å². The molecule has 2 rings (SSSR count). The van der Waals surface area contributed by atoms with Crippen molar-refractivity contribution in [3.63, 3.8) is 0 Å². The summed E-state index contributed by atoms with van der Waals surface area (Å²) in [5.41, 5.74) is 3.28. The first-order valence-corrected chi connectivity index (χ1v) is 10.6. The summed E-state index contributed by atoms with van der Waals surface area (Å²) in [5.74, 6) is 2.35. The van der Waals surface area contributed by atoms with E-state index in [0.717, 1.165) is 23.0 Å². The molecule has 0 spiro atoms. The summed E-state index contributed by atoms with van der Waals surface area (Å²) in [6, 6.07) is 5.76. The van der Waals surface area contributed by atoms with Gasteiger partial charge in [0.05, 0.1) is 18.9 Å². The Morgan fingerprint density at radius 3 is 2.64 bits per heavy atom. The lowest BCUT2D eigenvalue weighted by molar-refractivity contribution is 0.124. The Balaban J connectivity index is 1.95. The third-order valence-electron chi connectivity index (χ3n) is 4.35. The van der Waals surface area contributed by atoms with Gasteiger partial charge in [0.2, 0.25) is 0 Å². The monoisotopic (exact) mass is 404 g/mol. The van der Waals surface area contributed by atoms with Crippen molar-refractivity contribution in [3.05, 3.63) is 41.2 Å². The Kier molecular flexibility index (Phi) is 8.45. The van der Waals surface area contributed by atoms with Gasteiger partial charge in [-0.2, -0.15) is 0 Å². The van der Waals surface area contributed by atoms with E-state index in [2.05, 4.69) is 30.3 Å². The van der Waals surface area contributed by atoms with Gasteiger partial charge in [0.1, 0.15) is 6.61 Å². The van der Waals surface area contributed by atoms with Crippen molar-refractivity contribution in [2.45, 2.75) is 52.4 Å². The molecular formula is C22H32N2O3S. The lowest BCUT2D eigenvalue weighted by atomic mass is 10.2. The highest BCUT2D eigenvalue weighted by Crippen LogP contribution is 2.29. The number of hydrogen-bond donors (Lipinski definition) is 1. The van der Waals surface area contributed by atoms with Crippen LogP contribution in [0.5, 0.6) is 11.5 Å². The smallest absolute Gasteiger partial charge is 0.168 e. The van der Waals surface area contributed by atoms with Crippen LogP contribution in [0.15, 0.2) is 29.4 Å². The molecule has 1 N–H and O–H groups in total. The van der Waals surface area contributed by atoms with Crippen molar-refractivity contribution in [1.82, 2.24) is 9.55 Å². The number of aliphatic hydroxyl groups is 1. The quantitative estimate of drug-likeness (QED) is 0.580. The van der Waals surface area contributed by atoms with Crippen LogP contribution in [0.3, 0.4) is 0 Å². The molecule has 0 aliphatic heterocycles. The van der Waals surface area contributed by atoms with Crippen LogP contribution < -0.4 is 9.47 Å². The minimum atomic E-state index is -0.602. The van der Waals surface area contributed by atoms with E-state index < -0.39 is 6.10 Å². The standard InChI is InChI=1S/C22H32N2O3S/c1-7-8-18-9-10-20(21(11-18)26-6)27-13-19(25)14-28-22-23-16(4)17(5)24(22)12-15(2)3/h7-11,15,19,25H,12-14H2,1-6H3/b8-7+. The number of imidazole rings is 1. The topological polar surface area (TPSA) is 56.5 Å². The van der Waals surface area contributed by atoms with Crippen LogP contribution in [0.25, 0.3) is 6.08 Å². The van der Waals surface area contributed by atoms with Crippen LogP contribution in [0.4, 0.5) is 0 Å². The highest BCUT2D eigenvalue weighted by atomic mass is 32.2. The molecule has 0 saturated heterocycles. The largest absolute Gasteiger partial charge is 0.493 e. The van der Waals surface area contributed by atoms with E-state index in [9.17, 15) is 5.11 Å². The van der Waals surface area contributed by atoms with E-state index in [-0.39, 0.29) is 6.61 Å². The van der Waals surface area contributed by atoms with Gasteiger partial charge >= 0.3 is 0 Å². The summed E-state index contributed by atoms with van der Waals surface area (Å²) in [5, 5.41) is 11.3. The number of rotatable bonds is 10. The van der Waals surface area contributed by atoms with Gasteiger partial charge in [0.25, 0.3) is 0 Å². The van der Waals surface area contributed by atoms with Gasteiger partial charge in [-0.3, -0.25) is 0 Å². The summed E-state index contributed by atoms with van der Waals surface area (Å²) in [4.78, 5) is 4.66. The molecule has 0 aliphatic rings. The average molecular weight is 405 g/mol. The molecule has 0 amide bonds. The summed E-state index contributed by atoms with van der Waals surface area (Å²) >= 11 is 1.57. The molecular weight excluding hydrogens is 372 g/mol. The number of methoxy groups -OCH3 is 1. The number of aliphatic hydroxyl groups excluding tert-OH is 1. The molecule has 28 heavy (non-hydrogen) atoms. The molecule has 6 heteroatoms. The Bertz CT molecular complexity index is 799. The summed E-state index contributed by atoms with van der Waals surface area (Å²) < 4.78 is 13.4. The maximum Gasteiger partial charge on any atom is 0.168 e. The zero-order valence-corrected chi connectivity index (χ0v) is 18.5. The van der Waals surface area contributed by atoms with Crippen LogP contribution in [0, 0.1) is 19.8 Å². The summed E-state index contributed by atoms with van der Waals surface area (Å²) in [6.07, 6.45) is 3.37. The Labute approximate surface area is 172 Å². The normalized spacial score (nSPS) is 12.7. The van der Waals surface area contributed by atoms with E-state index in [0.29, 0.717) is 23.2 Å². The first kappa shape index (κ1) is 22.4. The Hall–Kier alpha value is -1.92. The van der Waals surface area contributed by atoms with Crippen LogP contribution in [-0.4, -0.2) is 40.2 Å². The SMILES string of the molecule is C/C=C/c1ccc(OCC(O)CSc2nc(C)c(C)n2CC(C)C)c(OC)c1. The van der Waals surface area contributed by atoms with E-state index in [4.69, 9.17) is 9.47 Å². The second kappa shape index (κ2) is 10.6. The second-order valence-corrected chi connectivity index (χ2v) is 8.24. The first-order valence-electron chi connectivity index (χ1n) is 9.63. The molecule has 5 nitrogen and oxygen atoms in total. The molecule has 0 bridgehead atoms. The van der Waals surface area contributed by atoms with E-state index >= 15 is 0 Å². The predicted molar refractivity (Wildman–Crippen MR) is 116 cm³/mol. The lowest BCUT2D eigenvalue weighted by Crippen LogP contribution is -2.20. The molecule has 0 fully saturated rings. The van der Waals surface area contributed by atoms with Crippen LogP contribution in [0.2, 0.25) is 0 Å². The molecule has 0 saturated carbocycles. The number of hydrogen-bond acceptors (Lipinski definition) is 5. The van der Waals surface area contributed by atoms with Crippen LogP contribution in [0.1, 0.15) is 37.7 Å². The lowest BCUT2D eigenvalue weighted by Gasteiger charge is -2.16. The highest BCUT2D eigenvalue weighted by molar-refractivity contribution is 7.99. The van der Waals surface area contributed by atoms with Crippen molar-refractivity contribution in [2.24, 2.45) is 5.92 Å². The number of allylic oxidation sites excluding steroid dienone is 1. The van der Waals surface area contributed by atoms with Gasteiger partial charge in [0.15, 0.2) is 16.7 Å². The van der Waals surface area contributed by atoms with E-state index in [1.165, 1.54) is 5.69 Å². The van der Waals surface area contributed by atoms with Crippen molar-refractivity contribution < 1.29 is 14.6 Å². The van der Waals surface area contributed by atoms with Crippen molar-refractivity contribution >= 4 is 17.8 Å². The van der Waals surface area contributed by atoms with Crippen molar-refractivity contribution in [2.75, 3.05) is 19.5 Å². The second-order valence-electron chi connectivity index (χ2n) is 7.26.